The maximum atomic E-state index is 12.0. The summed E-state index contributed by atoms with van der Waals surface area (Å²) in [5.74, 6) is 0.396. The van der Waals surface area contributed by atoms with Crippen LogP contribution in [0.15, 0.2) is 22.7 Å². The van der Waals surface area contributed by atoms with Crippen molar-refractivity contribution in [3.63, 3.8) is 0 Å². The molecule has 1 aromatic heterocycles. The van der Waals surface area contributed by atoms with Crippen molar-refractivity contribution in [1.82, 2.24) is 15.3 Å². The molecule has 0 saturated carbocycles. The molecule has 3 N–H and O–H groups in total. The number of rotatable bonds is 4. The number of benzene rings is 1. The summed E-state index contributed by atoms with van der Waals surface area (Å²) >= 11 is 9.25. The van der Waals surface area contributed by atoms with E-state index in [-0.39, 0.29) is 18.5 Å². The summed E-state index contributed by atoms with van der Waals surface area (Å²) in [7, 11) is 1.54. The van der Waals surface area contributed by atoms with Crippen LogP contribution >= 0.6 is 27.5 Å². The minimum atomic E-state index is -0.286. The fraction of sp³-hybridized carbons (Fsp3) is 0.214. The number of halogens is 2. The molecule has 6 nitrogen and oxygen atoms in total. The Morgan fingerprint density at radius 2 is 2.18 bits per heavy atom. The number of nitrogens with zero attached hydrogens (tertiary/aromatic N) is 2. The number of carbonyl (C=O) groups is 1. The van der Waals surface area contributed by atoms with Gasteiger partial charge in [-0.1, -0.05) is 11.6 Å². The molecule has 22 heavy (non-hydrogen) atoms. The Morgan fingerprint density at radius 3 is 2.82 bits per heavy atom. The van der Waals surface area contributed by atoms with Gasteiger partial charge < -0.3 is 15.8 Å². The Kier molecular flexibility index (Phi) is 5.20. The number of anilines is 1. The highest BCUT2D eigenvalue weighted by atomic mass is 79.9. The Labute approximate surface area is 141 Å². The zero-order chi connectivity index (χ0) is 16.3. The smallest absolute Gasteiger partial charge is 0.254 e. The van der Waals surface area contributed by atoms with E-state index in [1.54, 1.807) is 32.2 Å². The van der Waals surface area contributed by atoms with Gasteiger partial charge in [0.05, 0.1) is 21.4 Å². The van der Waals surface area contributed by atoms with E-state index in [0.29, 0.717) is 32.2 Å². The highest BCUT2D eigenvalue weighted by Crippen LogP contribution is 2.28. The monoisotopic (exact) mass is 384 g/mol. The first-order chi connectivity index (χ1) is 10.4. The SMILES string of the molecule is CNC(=O)c1c(C)nc(N)nc1COc1ccc(Cl)cc1Br. The van der Waals surface area contributed by atoms with Crippen molar-refractivity contribution < 1.29 is 9.53 Å². The number of ether oxygens (including phenoxy) is 1. The van der Waals surface area contributed by atoms with Gasteiger partial charge in [-0.2, -0.15) is 0 Å². The van der Waals surface area contributed by atoms with E-state index in [1.807, 2.05) is 0 Å². The van der Waals surface area contributed by atoms with Crippen molar-refractivity contribution in [3.8, 4) is 5.75 Å². The molecule has 0 fully saturated rings. The standard InChI is InChI=1S/C14H14BrClN4O2/c1-7-12(13(21)18-2)10(20-14(17)19-7)6-22-11-4-3-8(16)5-9(11)15/h3-5H,6H2,1-2H3,(H,18,21)(H2,17,19,20). The Hall–Kier alpha value is -1.86. The molecule has 2 rings (SSSR count). The minimum absolute atomic E-state index is 0.0799. The van der Waals surface area contributed by atoms with E-state index >= 15 is 0 Å². The fourth-order valence-corrected chi connectivity index (χ4v) is 2.72. The topological polar surface area (TPSA) is 90.1 Å². The quantitative estimate of drug-likeness (QED) is 0.844. The van der Waals surface area contributed by atoms with E-state index in [1.165, 1.54) is 0 Å². The molecule has 2 aromatic rings. The van der Waals surface area contributed by atoms with Crippen LogP contribution in [0.4, 0.5) is 5.95 Å². The number of nitrogen functional groups attached to an aromatic ring is 1. The van der Waals surface area contributed by atoms with Crippen LogP contribution in [0.25, 0.3) is 0 Å². The summed E-state index contributed by atoms with van der Waals surface area (Å²) in [6.07, 6.45) is 0. The van der Waals surface area contributed by atoms with Gasteiger partial charge in [-0.15, -0.1) is 0 Å². The van der Waals surface area contributed by atoms with E-state index in [4.69, 9.17) is 22.1 Å². The molecule has 0 atom stereocenters. The van der Waals surface area contributed by atoms with Crippen molar-refractivity contribution in [2.75, 3.05) is 12.8 Å². The second-order valence-electron chi connectivity index (χ2n) is 4.43. The summed E-state index contributed by atoms with van der Waals surface area (Å²) in [4.78, 5) is 20.1. The molecule has 116 valence electrons. The van der Waals surface area contributed by atoms with Gasteiger partial charge in [0.1, 0.15) is 12.4 Å². The zero-order valence-corrected chi connectivity index (χ0v) is 14.3. The van der Waals surface area contributed by atoms with Crippen LogP contribution in [0.1, 0.15) is 21.7 Å². The zero-order valence-electron chi connectivity index (χ0n) is 12.0. The van der Waals surface area contributed by atoms with Gasteiger partial charge in [-0.25, -0.2) is 9.97 Å². The molecule has 1 heterocycles. The largest absolute Gasteiger partial charge is 0.486 e. The van der Waals surface area contributed by atoms with Crippen molar-refractivity contribution in [2.24, 2.45) is 0 Å². The van der Waals surface area contributed by atoms with Crippen LogP contribution in [0.2, 0.25) is 5.02 Å². The molecule has 0 aliphatic heterocycles. The van der Waals surface area contributed by atoms with Gasteiger partial charge in [-0.05, 0) is 41.1 Å². The summed E-state index contributed by atoms with van der Waals surface area (Å²) in [6.45, 7) is 1.78. The molecule has 1 aromatic carbocycles. The molecular formula is C14H14BrClN4O2. The predicted molar refractivity (Wildman–Crippen MR) is 88.1 cm³/mol. The van der Waals surface area contributed by atoms with Gasteiger partial charge >= 0.3 is 0 Å². The number of nitrogens with one attached hydrogen (secondary N) is 1. The molecule has 0 bridgehead atoms. The van der Waals surface area contributed by atoms with Gasteiger partial charge in [0.25, 0.3) is 5.91 Å². The fourth-order valence-electron chi connectivity index (χ4n) is 1.92. The van der Waals surface area contributed by atoms with Crippen molar-refractivity contribution >= 4 is 39.4 Å². The third-order valence-electron chi connectivity index (χ3n) is 2.89. The first-order valence-corrected chi connectivity index (χ1v) is 7.52. The van der Waals surface area contributed by atoms with Crippen molar-refractivity contribution in [3.05, 3.63) is 44.6 Å². The van der Waals surface area contributed by atoms with Gasteiger partial charge in [0, 0.05) is 12.1 Å². The summed E-state index contributed by atoms with van der Waals surface area (Å²) in [5, 5.41) is 3.15. The van der Waals surface area contributed by atoms with E-state index in [0.717, 1.165) is 0 Å². The Morgan fingerprint density at radius 1 is 1.45 bits per heavy atom. The molecule has 0 radical (unpaired) electrons. The number of amides is 1. The molecule has 0 aliphatic carbocycles. The van der Waals surface area contributed by atoms with E-state index in [9.17, 15) is 4.79 Å². The molecule has 0 spiro atoms. The van der Waals surface area contributed by atoms with Gasteiger partial charge in [0.2, 0.25) is 5.95 Å². The number of hydrogen-bond acceptors (Lipinski definition) is 5. The van der Waals surface area contributed by atoms with Crippen molar-refractivity contribution in [2.45, 2.75) is 13.5 Å². The average molecular weight is 386 g/mol. The highest BCUT2D eigenvalue weighted by Gasteiger charge is 2.18. The number of carbonyl (C=O) groups excluding carboxylic acids is 1. The van der Waals surface area contributed by atoms with Crippen LogP contribution in [0.3, 0.4) is 0 Å². The number of nitrogens with two attached hydrogens (primary N) is 1. The van der Waals surface area contributed by atoms with Crippen LogP contribution in [0.5, 0.6) is 5.75 Å². The Balaban J connectivity index is 2.30. The molecule has 8 heteroatoms. The lowest BCUT2D eigenvalue weighted by Gasteiger charge is -2.13. The molecule has 0 saturated heterocycles. The van der Waals surface area contributed by atoms with Crippen molar-refractivity contribution in [1.29, 1.82) is 0 Å². The molecule has 0 aliphatic rings. The first-order valence-electron chi connectivity index (χ1n) is 6.35. The van der Waals surface area contributed by atoms with Crippen LogP contribution in [-0.2, 0) is 6.61 Å². The number of hydrogen-bond donors (Lipinski definition) is 2. The van der Waals surface area contributed by atoms with Gasteiger partial charge in [0.15, 0.2) is 0 Å². The lowest BCUT2D eigenvalue weighted by molar-refractivity contribution is 0.0959. The minimum Gasteiger partial charge on any atom is -0.486 e. The van der Waals surface area contributed by atoms with Gasteiger partial charge in [-0.3, -0.25) is 4.79 Å². The number of aromatic nitrogens is 2. The normalized spacial score (nSPS) is 10.4. The Bertz CT molecular complexity index is 724. The maximum Gasteiger partial charge on any atom is 0.254 e. The van der Waals surface area contributed by atoms with E-state index in [2.05, 4.69) is 31.2 Å². The van der Waals surface area contributed by atoms with Crippen LogP contribution in [0, 0.1) is 6.92 Å². The first kappa shape index (κ1) is 16.5. The molecule has 0 unspecified atom stereocenters. The van der Waals surface area contributed by atoms with E-state index < -0.39 is 0 Å². The molecular weight excluding hydrogens is 372 g/mol. The lowest BCUT2D eigenvalue weighted by Crippen LogP contribution is -2.23. The highest BCUT2D eigenvalue weighted by molar-refractivity contribution is 9.10. The van der Waals surface area contributed by atoms with Crippen LogP contribution < -0.4 is 15.8 Å². The summed E-state index contributed by atoms with van der Waals surface area (Å²) < 4.78 is 6.40. The second-order valence-corrected chi connectivity index (χ2v) is 5.72. The molecule has 1 amide bonds. The summed E-state index contributed by atoms with van der Waals surface area (Å²) in [5.41, 5.74) is 6.94. The average Bonchev–Trinajstić information content (AvgIpc) is 2.45. The maximum absolute atomic E-state index is 12.0. The number of aryl methyl sites for hydroxylation is 1. The second kappa shape index (κ2) is 6.93. The summed E-state index contributed by atoms with van der Waals surface area (Å²) in [6, 6.07) is 5.15. The lowest BCUT2D eigenvalue weighted by atomic mass is 10.1. The predicted octanol–water partition coefficient (Wildman–Crippen LogP) is 2.72. The third kappa shape index (κ3) is 3.66. The van der Waals surface area contributed by atoms with Crippen LogP contribution in [-0.4, -0.2) is 22.9 Å². The third-order valence-corrected chi connectivity index (χ3v) is 3.75.